The molecule has 1 rings (SSSR count). The maximum absolute atomic E-state index is 13.6. The van der Waals surface area contributed by atoms with Gasteiger partial charge < -0.3 is 15.4 Å². The average molecular weight is 254 g/mol. The van der Waals surface area contributed by atoms with Gasteiger partial charge in [-0.15, -0.1) is 0 Å². The predicted octanol–water partition coefficient (Wildman–Crippen LogP) is 1.18. The van der Waals surface area contributed by atoms with Gasteiger partial charge in [-0.3, -0.25) is 4.79 Å². The molecule has 0 aliphatic rings. The van der Waals surface area contributed by atoms with E-state index >= 15 is 0 Å². The van der Waals surface area contributed by atoms with Crippen LogP contribution in [0.3, 0.4) is 0 Å². The zero-order valence-corrected chi connectivity index (χ0v) is 10.8. The largest absolute Gasteiger partial charge is 0.481 e. The molecule has 0 aliphatic heterocycles. The van der Waals surface area contributed by atoms with Crippen molar-refractivity contribution in [3.63, 3.8) is 0 Å². The molecule has 100 valence electrons. The minimum absolute atomic E-state index is 0.0913. The zero-order chi connectivity index (χ0) is 13.5. The lowest BCUT2D eigenvalue weighted by Crippen LogP contribution is -2.31. The van der Waals surface area contributed by atoms with Crippen molar-refractivity contribution >= 4 is 5.91 Å². The molecule has 0 unspecified atom stereocenters. The third-order valence-electron chi connectivity index (χ3n) is 2.68. The van der Waals surface area contributed by atoms with Crippen molar-refractivity contribution in [1.82, 2.24) is 4.90 Å². The summed E-state index contributed by atoms with van der Waals surface area (Å²) in [5.74, 6) is -0.551. The Morgan fingerprint density at radius 3 is 2.78 bits per heavy atom. The van der Waals surface area contributed by atoms with Crippen LogP contribution in [-0.2, 0) is 11.2 Å². The molecule has 1 aromatic rings. The molecule has 0 aliphatic carbocycles. The van der Waals surface area contributed by atoms with Crippen molar-refractivity contribution < 1.29 is 13.9 Å². The molecule has 4 nitrogen and oxygen atoms in total. The van der Waals surface area contributed by atoms with Gasteiger partial charge in [0.25, 0.3) is 5.91 Å². The van der Waals surface area contributed by atoms with Crippen molar-refractivity contribution in [3.8, 4) is 5.75 Å². The highest BCUT2D eigenvalue weighted by Gasteiger charge is 2.10. The van der Waals surface area contributed by atoms with E-state index in [0.717, 1.165) is 5.56 Å². The fourth-order valence-corrected chi connectivity index (χ4v) is 1.41. The van der Waals surface area contributed by atoms with E-state index < -0.39 is 5.82 Å². The van der Waals surface area contributed by atoms with E-state index in [1.807, 2.05) is 6.92 Å². The number of hydrogen-bond acceptors (Lipinski definition) is 3. The Hall–Kier alpha value is -1.62. The van der Waals surface area contributed by atoms with E-state index in [2.05, 4.69) is 0 Å². The van der Waals surface area contributed by atoms with Crippen LogP contribution in [0.4, 0.5) is 4.39 Å². The summed E-state index contributed by atoms with van der Waals surface area (Å²) in [7, 11) is 1.67. The molecule has 0 bridgehead atoms. The van der Waals surface area contributed by atoms with Gasteiger partial charge in [0.1, 0.15) is 0 Å². The average Bonchev–Trinajstić information content (AvgIpc) is 2.36. The molecule has 0 fully saturated rings. The molecule has 0 saturated carbocycles. The standard InChI is InChI=1S/C13H19FN2O2/c1-3-16(2)13(17)9-18-12-5-4-10(6-7-15)8-11(12)14/h4-5,8H,3,6-7,9,15H2,1-2H3. The summed E-state index contributed by atoms with van der Waals surface area (Å²) in [5.41, 5.74) is 6.21. The van der Waals surface area contributed by atoms with Gasteiger partial charge in [-0.1, -0.05) is 6.07 Å². The van der Waals surface area contributed by atoms with Gasteiger partial charge in [-0.25, -0.2) is 4.39 Å². The second kappa shape index (κ2) is 6.96. The number of carbonyl (C=O) groups excluding carboxylic acids is 1. The number of rotatable bonds is 6. The zero-order valence-electron chi connectivity index (χ0n) is 10.8. The fraction of sp³-hybridized carbons (Fsp3) is 0.462. The molecule has 1 aromatic carbocycles. The predicted molar refractivity (Wildman–Crippen MR) is 68.0 cm³/mol. The van der Waals surface area contributed by atoms with E-state index in [0.29, 0.717) is 19.5 Å². The molecule has 18 heavy (non-hydrogen) atoms. The molecule has 0 heterocycles. The van der Waals surface area contributed by atoms with Crippen LogP contribution in [-0.4, -0.2) is 37.6 Å². The summed E-state index contributed by atoms with van der Waals surface area (Å²) in [6.45, 7) is 2.77. The minimum Gasteiger partial charge on any atom is -0.481 e. The van der Waals surface area contributed by atoms with Crippen LogP contribution in [0.15, 0.2) is 18.2 Å². The summed E-state index contributed by atoms with van der Waals surface area (Å²) in [4.78, 5) is 13.0. The molecule has 0 saturated heterocycles. The van der Waals surface area contributed by atoms with Crippen LogP contribution in [0.25, 0.3) is 0 Å². The second-order valence-corrected chi connectivity index (χ2v) is 4.00. The Kier molecular flexibility index (Phi) is 5.58. The Balaban J connectivity index is 2.60. The highest BCUT2D eigenvalue weighted by Crippen LogP contribution is 2.18. The monoisotopic (exact) mass is 254 g/mol. The van der Waals surface area contributed by atoms with Crippen LogP contribution in [0.5, 0.6) is 5.75 Å². The van der Waals surface area contributed by atoms with Crippen molar-refractivity contribution in [1.29, 1.82) is 0 Å². The highest BCUT2D eigenvalue weighted by molar-refractivity contribution is 5.77. The highest BCUT2D eigenvalue weighted by atomic mass is 19.1. The van der Waals surface area contributed by atoms with Gasteiger partial charge in [-0.2, -0.15) is 0 Å². The molecule has 0 aromatic heterocycles. The van der Waals surface area contributed by atoms with Crippen LogP contribution >= 0.6 is 0 Å². The molecule has 0 atom stereocenters. The number of halogens is 1. The number of carbonyl (C=O) groups is 1. The van der Waals surface area contributed by atoms with Crippen LogP contribution in [0, 0.1) is 5.82 Å². The third kappa shape index (κ3) is 4.00. The van der Waals surface area contributed by atoms with Crippen LogP contribution < -0.4 is 10.5 Å². The minimum atomic E-state index is -0.465. The lowest BCUT2D eigenvalue weighted by atomic mass is 10.1. The molecule has 1 amide bonds. The van der Waals surface area contributed by atoms with Crippen molar-refractivity contribution in [2.75, 3.05) is 26.7 Å². The quantitative estimate of drug-likeness (QED) is 0.829. The van der Waals surface area contributed by atoms with Gasteiger partial charge in [0.05, 0.1) is 0 Å². The van der Waals surface area contributed by atoms with Crippen molar-refractivity contribution in [2.24, 2.45) is 5.73 Å². The van der Waals surface area contributed by atoms with Crippen LogP contribution in [0.1, 0.15) is 12.5 Å². The number of amides is 1. The molecular formula is C13H19FN2O2. The third-order valence-corrected chi connectivity index (χ3v) is 2.68. The molecule has 0 spiro atoms. The summed E-state index contributed by atoms with van der Waals surface area (Å²) in [6.07, 6.45) is 0.620. The Morgan fingerprint density at radius 2 is 2.22 bits per heavy atom. The first-order valence-corrected chi connectivity index (χ1v) is 5.93. The van der Waals surface area contributed by atoms with Crippen LogP contribution in [0.2, 0.25) is 0 Å². The molecule has 2 N–H and O–H groups in total. The first-order valence-electron chi connectivity index (χ1n) is 5.93. The summed E-state index contributed by atoms with van der Waals surface area (Å²) in [6, 6.07) is 4.66. The summed E-state index contributed by atoms with van der Waals surface area (Å²) in [5, 5.41) is 0. The lowest BCUT2D eigenvalue weighted by molar-refractivity contribution is -0.131. The van der Waals surface area contributed by atoms with Crippen molar-refractivity contribution in [3.05, 3.63) is 29.6 Å². The van der Waals surface area contributed by atoms with Gasteiger partial charge in [0.15, 0.2) is 18.2 Å². The summed E-state index contributed by atoms with van der Waals surface area (Å²) >= 11 is 0. The van der Waals surface area contributed by atoms with Crippen molar-refractivity contribution in [2.45, 2.75) is 13.3 Å². The van der Waals surface area contributed by atoms with Gasteiger partial charge >= 0.3 is 0 Å². The maximum Gasteiger partial charge on any atom is 0.260 e. The summed E-state index contributed by atoms with van der Waals surface area (Å²) < 4.78 is 18.8. The number of likely N-dealkylation sites (N-methyl/N-ethyl adjacent to an activating group) is 1. The topological polar surface area (TPSA) is 55.6 Å². The van der Waals surface area contributed by atoms with E-state index in [-0.39, 0.29) is 18.3 Å². The normalized spacial score (nSPS) is 10.2. The Bertz CT molecular complexity index is 410. The van der Waals surface area contributed by atoms with Gasteiger partial charge in [-0.05, 0) is 37.6 Å². The first kappa shape index (κ1) is 14.4. The fourth-order valence-electron chi connectivity index (χ4n) is 1.41. The maximum atomic E-state index is 13.6. The smallest absolute Gasteiger partial charge is 0.260 e. The lowest BCUT2D eigenvalue weighted by Gasteiger charge is -2.15. The SMILES string of the molecule is CCN(C)C(=O)COc1ccc(CCN)cc1F. The van der Waals surface area contributed by atoms with E-state index in [4.69, 9.17) is 10.5 Å². The molecule has 0 radical (unpaired) electrons. The molecular weight excluding hydrogens is 235 g/mol. The van der Waals surface area contributed by atoms with Gasteiger partial charge in [0, 0.05) is 13.6 Å². The first-order chi connectivity index (χ1) is 8.58. The Morgan fingerprint density at radius 1 is 1.50 bits per heavy atom. The Labute approximate surface area is 107 Å². The van der Waals surface area contributed by atoms with Gasteiger partial charge in [0.2, 0.25) is 0 Å². The van der Waals surface area contributed by atoms with E-state index in [9.17, 15) is 9.18 Å². The van der Waals surface area contributed by atoms with E-state index in [1.54, 1.807) is 13.1 Å². The number of ether oxygens (including phenoxy) is 1. The molecule has 5 heteroatoms. The number of hydrogen-bond donors (Lipinski definition) is 1. The number of nitrogens with two attached hydrogens (primary N) is 1. The number of benzene rings is 1. The van der Waals surface area contributed by atoms with E-state index in [1.165, 1.54) is 17.0 Å². The second-order valence-electron chi connectivity index (χ2n) is 4.00. The number of nitrogens with zero attached hydrogens (tertiary/aromatic N) is 1.